The summed E-state index contributed by atoms with van der Waals surface area (Å²) < 4.78 is 0. The molecule has 0 unspecified atom stereocenters. The van der Waals surface area contributed by atoms with Gasteiger partial charge in [0.25, 0.3) is 0 Å². The predicted molar refractivity (Wildman–Crippen MR) is 116 cm³/mol. The number of piperidine rings is 2. The summed E-state index contributed by atoms with van der Waals surface area (Å²) in [5, 5.41) is 5.15. The van der Waals surface area contributed by atoms with Crippen LogP contribution in [-0.2, 0) is 14.4 Å². The molecule has 2 saturated heterocycles. The lowest BCUT2D eigenvalue weighted by Crippen LogP contribution is -2.62. The van der Waals surface area contributed by atoms with Crippen molar-refractivity contribution in [1.29, 1.82) is 0 Å². The Balaban J connectivity index is 2.00. The van der Waals surface area contributed by atoms with Crippen molar-refractivity contribution < 1.29 is 14.4 Å². The van der Waals surface area contributed by atoms with Crippen molar-refractivity contribution in [3.05, 3.63) is 0 Å². The molecule has 0 aromatic rings. The fourth-order valence-corrected chi connectivity index (χ4v) is 6.04. The van der Waals surface area contributed by atoms with Gasteiger partial charge in [-0.3, -0.25) is 14.5 Å². The van der Waals surface area contributed by atoms with Crippen molar-refractivity contribution in [2.75, 3.05) is 14.2 Å². The molecule has 1 N–H and O–H groups in total. The van der Waals surface area contributed by atoms with Gasteiger partial charge in [-0.15, -0.1) is 0 Å². The molecular weight excluding hydrogens is 366 g/mol. The highest BCUT2D eigenvalue weighted by Crippen LogP contribution is 2.42. The molecule has 0 saturated carbocycles. The molecule has 0 radical (unpaired) electrons. The Morgan fingerprint density at radius 2 is 1.31 bits per heavy atom. The summed E-state index contributed by atoms with van der Waals surface area (Å²) >= 11 is 0. The minimum absolute atomic E-state index is 0.00470. The van der Waals surface area contributed by atoms with E-state index in [1.807, 2.05) is 5.06 Å². The van der Waals surface area contributed by atoms with Crippen LogP contribution < -0.4 is 5.32 Å². The lowest BCUT2D eigenvalue weighted by atomic mass is 9.73. The minimum Gasteiger partial charge on any atom is -0.353 e. The maximum atomic E-state index is 13.0. The zero-order chi connectivity index (χ0) is 22.4. The van der Waals surface area contributed by atoms with Crippen molar-refractivity contribution in [3.8, 4) is 0 Å². The molecule has 168 valence electrons. The topological polar surface area (TPSA) is 61.9 Å². The fraction of sp³-hybridized carbons (Fsp3) is 0.913. The summed E-state index contributed by atoms with van der Waals surface area (Å²) in [6.45, 7) is 17.2. The van der Waals surface area contributed by atoms with Gasteiger partial charge in [0.05, 0.1) is 13.5 Å². The number of hydrogen-bond acceptors (Lipinski definition) is 5. The quantitative estimate of drug-likeness (QED) is 0.704. The lowest BCUT2D eigenvalue weighted by Gasteiger charge is -2.53. The van der Waals surface area contributed by atoms with Gasteiger partial charge in [-0.2, -0.15) is 5.06 Å². The Kier molecular flexibility index (Phi) is 6.65. The summed E-state index contributed by atoms with van der Waals surface area (Å²) in [5.41, 5.74) is -0.500. The highest BCUT2D eigenvalue weighted by Gasteiger charge is 2.48. The fourth-order valence-electron chi connectivity index (χ4n) is 6.04. The van der Waals surface area contributed by atoms with E-state index in [4.69, 9.17) is 4.84 Å². The molecule has 2 heterocycles. The molecule has 29 heavy (non-hydrogen) atoms. The Labute approximate surface area is 177 Å². The van der Waals surface area contributed by atoms with Gasteiger partial charge in [-0.1, -0.05) is 0 Å². The summed E-state index contributed by atoms with van der Waals surface area (Å²) in [6, 6.07) is 0.0970. The summed E-state index contributed by atoms with van der Waals surface area (Å²) in [5.74, 6) is -0.214. The van der Waals surface area contributed by atoms with Crippen LogP contribution in [0.25, 0.3) is 0 Å². The molecule has 0 atom stereocenters. The van der Waals surface area contributed by atoms with Gasteiger partial charge in [0, 0.05) is 34.1 Å². The van der Waals surface area contributed by atoms with Gasteiger partial charge in [0.2, 0.25) is 5.91 Å². The third-order valence-electron chi connectivity index (χ3n) is 7.24. The van der Waals surface area contributed by atoms with Gasteiger partial charge < -0.3 is 10.2 Å². The Hall–Kier alpha value is -0.980. The van der Waals surface area contributed by atoms with Crippen LogP contribution in [0.3, 0.4) is 0 Å². The molecule has 1 amide bonds. The molecule has 0 spiro atoms. The highest BCUT2D eigenvalue weighted by atomic mass is 16.7. The Morgan fingerprint density at radius 3 is 1.72 bits per heavy atom. The summed E-state index contributed by atoms with van der Waals surface area (Å²) in [4.78, 5) is 33.7. The van der Waals surface area contributed by atoms with Crippen LogP contribution in [0.15, 0.2) is 0 Å². The van der Waals surface area contributed by atoms with Gasteiger partial charge in [0.1, 0.15) is 5.78 Å². The van der Waals surface area contributed by atoms with Gasteiger partial charge in [0.15, 0.2) is 0 Å². The third-order valence-corrected chi connectivity index (χ3v) is 7.24. The van der Waals surface area contributed by atoms with Crippen molar-refractivity contribution in [3.63, 3.8) is 0 Å². The van der Waals surface area contributed by atoms with E-state index in [9.17, 15) is 9.59 Å². The number of ketones is 1. The van der Waals surface area contributed by atoms with Crippen molar-refractivity contribution in [2.24, 2.45) is 5.92 Å². The number of likely N-dealkylation sites (tertiary alicyclic amines) is 1. The smallest absolute Gasteiger partial charge is 0.227 e. The zero-order valence-electron chi connectivity index (χ0n) is 20.3. The van der Waals surface area contributed by atoms with E-state index in [1.54, 1.807) is 7.11 Å². The molecular formula is C23H43N3O3. The first-order valence-corrected chi connectivity index (χ1v) is 10.9. The van der Waals surface area contributed by atoms with E-state index in [1.165, 1.54) is 0 Å². The largest absolute Gasteiger partial charge is 0.353 e. The number of carbonyl (C=O) groups excluding carboxylic acids is 2. The molecule has 0 aromatic heterocycles. The first-order valence-electron chi connectivity index (χ1n) is 10.9. The van der Waals surface area contributed by atoms with E-state index in [2.05, 4.69) is 72.7 Å². The number of hydroxylamine groups is 2. The second kappa shape index (κ2) is 7.93. The van der Waals surface area contributed by atoms with Crippen molar-refractivity contribution in [2.45, 2.75) is 116 Å². The molecule has 6 heteroatoms. The average Bonchev–Trinajstić information content (AvgIpc) is 2.49. The van der Waals surface area contributed by atoms with E-state index in [-0.39, 0.29) is 52.2 Å². The molecule has 0 bridgehead atoms. The molecule has 0 aliphatic carbocycles. The monoisotopic (exact) mass is 409 g/mol. The van der Waals surface area contributed by atoms with E-state index < -0.39 is 0 Å². The van der Waals surface area contributed by atoms with Crippen LogP contribution in [0.2, 0.25) is 0 Å². The zero-order valence-corrected chi connectivity index (χ0v) is 20.3. The number of Topliss-reactive ketones (excluding diaryl/α,β-unsaturated/α-hetero) is 1. The number of nitrogens with one attached hydrogen (secondary N) is 1. The normalized spacial score (nSPS) is 27.5. The Bertz CT molecular complexity index is 603. The second-order valence-electron chi connectivity index (χ2n) is 11.7. The van der Waals surface area contributed by atoms with Crippen LogP contribution in [-0.4, -0.2) is 64.0 Å². The first-order chi connectivity index (χ1) is 13.0. The maximum absolute atomic E-state index is 13.0. The van der Waals surface area contributed by atoms with Gasteiger partial charge in [-0.25, -0.2) is 0 Å². The number of amides is 1. The van der Waals surface area contributed by atoms with E-state index >= 15 is 0 Å². The first kappa shape index (κ1) is 24.3. The molecule has 0 aromatic carbocycles. The number of hydrogen-bond donors (Lipinski definition) is 1. The Morgan fingerprint density at radius 1 is 0.862 bits per heavy atom. The number of rotatable bonds is 5. The van der Waals surface area contributed by atoms with Crippen molar-refractivity contribution in [1.82, 2.24) is 15.3 Å². The van der Waals surface area contributed by atoms with Crippen LogP contribution in [0.5, 0.6) is 0 Å². The van der Waals surface area contributed by atoms with E-state index in [0.29, 0.717) is 12.8 Å². The summed E-state index contributed by atoms with van der Waals surface area (Å²) in [6.07, 6.45) is 3.14. The maximum Gasteiger partial charge on any atom is 0.227 e. The number of carbonyl (C=O) groups is 2. The van der Waals surface area contributed by atoms with Gasteiger partial charge in [-0.05, 0) is 88.1 Å². The van der Waals surface area contributed by atoms with Gasteiger partial charge >= 0.3 is 0 Å². The average molecular weight is 410 g/mol. The lowest BCUT2D eigenvalue weighted by molar-refractivity contribution is -0.270. The molecule has 2 fully saturated rings. The molecule has 2 aliphatic heterocycles. The van der Waals surface area contributed by atoms with Crippen LogP contribution in [0.1, 0.15) is 87.5 Å². The molecule has 6 nitrogen and oxygen atoms in total. The minimum atomic E-state index is -0.255. The van der Waals surface area contributed by atoms with Crippen LogP contribution in [0.4, 0.5) is 0 Å². The second-order valence-corrected chi connectivity index (χ2v) is 11.7. The highest BCUT2D eigenvalue weighted by molar-refractivity contribution is 5.99. The predicted octanol–water partition coefficient (Wildman–Crippen LogP) is 3.54. The van der Waals surface area contributed by atoms with E-state index in [0.717, 1.165) is 12.8 Å². The number of nitrogens with zero attached hydrogens (tertiary/aromatic N) is 2. The third kappa shape index (κ3) is 5.20. The van der Waals surface area contributed by atoms with Crippen LogP contribution >= 0.6 is 0 Å². The van der Waals surface area contributed by atoms with Crippen LogP contribution in [0, 0.1) is 5.92 Å². The molecule has 2 aliphatic rings. The SMILES string of the molecule is CON1C(C)(C)CC(C(=O)CC(=O)NC2CC(C)(C)N(C)C(C)(C)C2)CC1(C)C. The molecule has 2 rings (SSSR count). The van der Waals surface area contributed by atoms with Crippen molar-refractivity contribution >= 4 is 11.7 Å². The summed E-state index contributed by atoms with van der Waals surface area (Å²) in [7, 11) is 3.83. The standard InChI is InChI=1S/C23H43N3O3/c1-20(2)14-17(15-21(3,4)25(20)9)24-19(28)11-18(27)16-12-22(5,6)26(29-10)23(7,8)13-16/h16-17H,11-15H2,1-10H3,(H,24,28).